The minimum absolute atomic E-state index is 0.179. The van der Waals surface area contributed by atoms with Crippen molar-refractivity contribution in [1.29, 1.82) is 0 Å². The Kier molecular flexibility index (Phi) is 6.20. The van der Waals surface area contributed by atoms with E-state index in [0.29, 0.717) is 23.0 Å². The van der Waals surface area contributed by atoms with E-state index in [-0.39, 0.29) is 11.7 Å². The molecule has 4 rings (SSSR count). The minimum atomic E-state index is -0.179. The van der Waals surface area contributed by atoms with Gasteiger partial charge in [-0.3, -0.25) is 4.79 Å². The van der Waals surface area contributed by atoms with Crippen LogP contribution in [0.1, 0.15) is 17.0 Å². The number of methoxy groups -OCH3 is 1. The van der Waals surface area contributed by atoms with E-state index in [2.05, 4.69) is 19.9 Å². The molecule has 1 amide bonds. The Balaban J connectivity index is 1.55. The number of nitrogens with zero attached hydrogens (tertiary/aromatic N) is 3. The molecular formula is C22H21ClN4O3S. The summed E-state index contributed by atoms with van der Waals surface area (Å²) >= 11 is 7.41. The third-order valence-electron chi connectivity index (χ3n) is 5.04. The molecule has 3 heterocycles. The zero-order chi connectivity index (χ0) is 22.0. The van der Waals surface area contributed by atoms with Crippen LogP contribution in [0.4, 0.5) is 5.69 Å². The molecule has 0 saturated heterocycles. The number of halogens is 1. The highest BCUT2D eigenvalue weighted by atomic mass is 35.5. The SMILES string of the molecule is COc1ccc(Cl)cc1NC(=O)CSc1ncnc2c1c(C)c(C)n2Cc1ccco1. The van der Waals surface area contributed by atoms with E-state index in [9.17, 15) is 4.79 Å². The van der Waals surface area contributed by atoms with Crippen molar-refractivity contribution >= 4 is 46.0 Å². The molecule has 0 fully saturated rings. The maximum atomic E-state index is 12.6. The van der Waals surface area contributed by atoms with Crippen LogP contribution in [0.25, 0.3) is 11.0 Å². The minimum Gasteiger partial charge on any atom is -0.495 e. The maximum Gasteiger partial charge on any atom is 0.234 e. The Morgan fingerprint density at radius 3 is 2.87 bits per heavy atom. The molecule has 0 aliphatic rings. The number of rotatable bonds is 7. The first-order valence-electron chi connectivity index (χ1n) is 9.57. The first-order chi connectivity index (χ1) is 15.0. The second-order valence-corrected chi connectivity index (χ2v) is 8.34. The topological polar surface area (TPSA) is 82.2 Å². The second kappa shape index (κ2) is 9.03. The summed E-state index contributed by atoms with van der Waals surface area (Å²) in [6, 6.07) is 8.89. The lowest BCUT2D eigenvalue weighted by molar-refractivity contribution is -0.113. The summed E-state index contributed by atoms with van der Waals surface area (Å²) in [5.41, 5.74) is 3.52. The monoisotopic (exact) mass is 456 g/mol. The van der Waals surface area contributed by atoms with Crippen molar-refractivity contribution in [3.63, 3.8) is 0 Å². The molecule has 7 nitrogen and oxygen atoms in total. The summed E-state index contributed by atoms with van der Waals surface area (Å²) < 4.78 is 12.9. The van der Waals surface area contributed by atoms with E-state index in [0.717, 1.165) is 33.1 Å². The van der Waals surface area contributed by atoms with Gasteiger partial charge < -0.3 is 19.0 Å². The van der Waals surface area contributed by atoms with Crippen molar-refractivity contribution in [2.75, 3.05) is 18.2 Å². The van der Waals surface area contributed by atoms with Crippen molar-refractivity contribution in [2.24, 2.45) is 0 Å². The Hall–Kier alpha value is -2.97. The number of amides is 1. The lowest BCUT2D eigenvalue weighted by Gasteiger charge is -2.10. The van der Waals surface area contributed by atoms with Gasteiger partial charge in [-0.2, -0.15) is 0 Å². The molecule has 0 atom stereocenters. The number of nitrogens with one attached hydrogen (secondary N) is 1. The quantitative estimate of drug-likeness (QED) is 0.308. The van der Waals surface area contributed by atoms with Crippen molar-refractivity contribution in [3.05, 3.63) is 65.0 Å². The lowest BCUT2D eigenvalue weighted by Crippen LogP contribution is -2.15. The number of thioether (sulfide) groups is 1. The van der Waals surface area contributed by atoms with Gasteiger partial charge in [-0.1, -0.05) is 23.4 Å². The Morgan fingerprint density at radius 1 is 1.29 bits per heavy atom. The zero-order valence-corrected chi connectivity index (χ0v) is 18.9. The molecule has 9 heteroatoms. The van der Waals surface area contributed by atoms with Gasteiger partial charge in [0.2, 0.25) is 5.91 Å². The number of aryl methyl sites for hydroxylation is 1. The van der Waals surface area contributed by atoms with Crippen molar-refractivity contribution in [3.8, 4) is 5.75 Å². The van der Waals surface area contributed by atoms with E-state index in [1.807, 2.05) is 26.0 Å². The molecule has 160 valence electrons. The predicted molar refractivity (Wildman–Crippen MR) is 122 cm³/mol. The first-order valence-corrected chi connectivity index (χ1v) is 10.9. The van der Waals surface area contributed by atoms with E-state index < -0.39 is 0 Å². The smallest absolute Gasteiger partial charge is 0.234 e. The fourth-order valence-electron chi connectivity index (χ4n) is 3.40. The van der Waals surface area contributed by atoms with Gasteiger partial charge in [-0.25, -0.2) is 9.97 Å². The van der Waals surface area contributed by atoms with Crippen LogP contribution in [0.2, 0.25) is 5.02 Å². The van der Waals surface area contributed by atoms with Crippen LogP contribution in [-0.2, 0) is 11.3 Å². The summed E-state index contributed by atoms with van der Waals surface area (Å²) in [6.45, 7) is 4.67. The summed E-state index contributed by atoms with van der Waals surface area (Å²) in [7, 11) is 1.55. The third-order valence-corrected chi connectivity index (χ3v) is 6.26. The van der Waals surface area contributed by atoms with Crippen molar-refractivity contribution < 1.29 is 13.9 Å². The lowest BCUT2D eigenvalue weighted by atomic mass is 10.2. The number of fused-ring (bicyclic) bond motifs is 1. The third kappa shape index (κ3) is 4.40. The Morgan fingerprint density at radius 2 is 2.13 bits per heavy atom. The summed E-state index contributed by atoms with van der Waals surface area (Å²) in [6.07, 6.45) is 3.19. The van der Waals surface area contributed by atoms with E-state index in [1.165, 1.54) is 18.1 Å². The number of hydrogen-bond donors (Lipinski definition) is 1. The molecule has 3 aromatic heterocycles. The summed E-state index contributed by atoms with van der Waals surface area (Å²) in [4.78, 5) is 21.5. The number of anilines is 1. The molecule has 1 N–H and O–H groups in total. The second-order valence-electron chi connectivity index (χ2n) is 6.93. The van der Waals surface area contributed by atoms with Gasteiger partial charge in [0.15, 0.2) is 0 Å². The van der Waals surface area contributed by atoms with Gasteiger partial charge in [-0.05, 0) is 49.7 Å². The zero-order valence-electron chi connectivity index (χ0n) is 17.3. The van der Waals surface area contributed by atoms with Gasteiger partial charge >= 0.3 is 0 Å². The van der Waals surface area contributed by atoms with Crippen LogP contribution in [0.3, 0.4) is 0 Å². The number of aromatic nitrogens is 3. The number of hydrogen-bond acceptors (Lipinski definition) is 6. The van der Waals surface area contributed by atoms with Crippen molar-refractivity contribution in [2.45, 2.75) is 25.4 Å². The number of furan rings is 1. The largest absolute Gasteiger partial charge is 0.495 e. The molecule has 0 bridgehead atoms. The average Bonchev–Trinajstić information content (AvgIpc) is 3.36. The summed E-state index contributed by atoms with van der Waals surface area (Å²) in [5, 5.41) is 5.08. The maximum absolute atomic E-state index is 12.6. The Labute approximate surface area is 188 Å². The van der Waals surface area contributed by atoms with Crippen LogP contribution < -0.4 is 10.1 Å². The van der Waals surface area contributed by atoms with E-state index >= 15 is 0 Å². The molecule has 0 aliphatic carbocycles. The number of carbonyl (C=O) groups excluding carboxylic acids is 1. The van der Waals surface area contributed by atoms with Crippen LogP contribution in [-0.4, -0.2) is 33.3 Å². The van der Waals surface area contributed by atoms with Gasteiger partial charge in [0.1, 0.15) is 28.5 Å². The Bertz CT molecular complexity index is 1240. The van der Waals surface area contributed by atoms with Gasteiger partial charge in [-0.15, -0.1) is 0 Å². The highest BCUT2D eigenvalue weighted by Crippen LogP contribution is 2.32. The van der Waals surface area contributed by atoms with Crippen LogP contribution >= 0.6 is 23.4 Å². The summed E-state index contributed by atoms with van der Waals surface area (Å²) in [5.74, 6) is 1.40. The molecule has 0 spiro atoms. The standard InChI is InChI=1S/C22H21ClN4O3S/c1-13-14(2)27(10-16-5-4-8-30-16)21-20(13)22(25-12-24-21)31-11-19(28)26-17-9-15(23)6-7-18(17)29-3/h4-9,12H,10-11H2,1-3H3,(H,26,28). The van der Waals surface area contributed by atoms with Gasteiger partial charge in [0, 0.05) is 10.7 Å². The molecule has 4 aromatic rings. The molecule has 31 heavy (non-hydrogen) atoms. The normalized spacial score (nSPS) is 11.1. The molecule has 0 aliphatic heterocycles. The molecule has 0 saturated carbocycles. The van der Waals surface area contributed by atoms with Crippen LogP contribution in [0.5, 0.6) is 5.75 Å². The average molecular weight is 457 g/mol. The molecule has 0 unspecified atom stereocenters. The first kappa shape index (κ1) is 21.3. The van der Waals surface area contributed by atoms with Crippen molar-refractivity contribution in [1.82, 2.24) is 14.5 Å². The van der Waals surface area contributed by atoms with E-state index in [4.69, 9.17) is 20.8 Å². The highest BCUT2D eigenvalue weighted by Gasteiger charge is 2.18. The van der Waals surface area contributed by atoms with Gasteiger partial charge in [0.05, 0.1) is 36.7 Å². The molecule has 0 radical (unpaired) electrons. The van der Waals surface area contributed by atoms with Gasteiger partial charge in [0.25, 0.3) is 0 Å². The highest BCUT2D eigenvalue weighted by molar-refractivity contribution is 8.00. The molecule has 1 aromatic carbocycles. The number of ether oxygens (including phenoxy) is 1. The van der Waals surface area contributed by atoms with E-state index in [1.54, 1.807) is 31.6 Å². The number of benzene rings is 1. The fourth-order valence-corrected chi connectivity index (χ4v) is 4.42. The molecular weight excluding hydrogens is 436 g/mol. The van der Waals surface area contributed by atoms with Crippen LogP contribution in [0.15, 0.2) is 52.4 Å². The number of carbonyl (C=O) groups is 1. The van der Waals surface area contributed by atoms with Crippen LogP contribution in [0, 0.1) is 13.8 Å². The fraction of sp³-hybridized carbons (Fsp3) is 0.227. The predicted octanol–water partition coefficient (Wildman–Crippen LogP) is 5.08.